The summed E-state index contributed by atoms with van der Waals surface area (Å²) >= 11 is 0. The molecule has 162 valence electrons. The van der Waals surface area contributed by atoms with Crippen molar-refractivity contribution >= 4 is 0 Å². The number of unbranched alkanes of at least 4 members (excludes halogenated alkanes) is 12. The first kappa shape index (κ1) is 25.0. The van der Waals surface area contributed by atoms with E-state index in [-0.39, 0.29) is 0 Å². The number of hydrogen-bond donors (Lipinski definition) is 0. The Hall–Kier alpha value is -0.0800. The van der Waals surface area contributed by atoms with Gasteiger partial charge in [0.15, 0.2) is 0 Å². The van der Waals surface area contributed by atoms with Gasteiger partial charge in [-0.05, 0) is 25.2 Å². The van der Waals surface area contributed by atoms with E-state index in [9.17, 15) is 0 Å². The highest BCUT2D eigenvalue weighted by Gasteiger charge is 2.19. The Morgan fingerprint density at radius 2 is 1.22 bits per heavy atom. The topological polar surface area (TPSA) is 18.5 Å². The van der Waals surface area contributed by atoms with Crippen LogP contribution < -0.4 is 0 Å². The van der Waals surface area contributed by atoms with Gasteiger partial charge in [-0.3, -0.25) is 0 Å². The number of hydrogen-bond acceptors (Lipinski definition) is 2. The summed E-state index contributed by atoms with van der Waals surface area (Å²) < 4.78 is 11.6. The Bertz CT molecular complexity index is 288. The van der Waals surface area contributed by atoms with Gasteiger partial charge in [-0.15, -0.1) is 0 Å². The second-order valence-electron chi connectivity index (χ2n) is 8.80. The molecule has 2 nitrogen and oxygen atoms in total. The lowest BCUT2D eigenvalue weighted by molar-refractivity contribution is -0.0197. The van der Waals surface area contributed by atoms with Crippen LogP contribution in [0.2, 0.25) is 0 Å². The normalized spacial score (nSPS) is 15.3. The molecule has 0 N–H and O–H groups in total. The molecule has 1 unspecified atom stereocenters. The van der Waals surface area contributed by atoms with Crippen molar-refractivity contribution in [1.29, 1.82) is 0 Å². The molecule has 0 aromatic heterocycles. The van der Waals surface area contributed by atoms with Crippen LogP contribution in [-0.4, -0.2) is 25.9 Å². The van der Waals surface area contributed by atoms with Crippen LogP contribution in [0.25, 0.3) is 0 Å². The molecular weight excluding hydrogens is 332 g/mol. The first-order valence-electron chi connectivity index (χ1n) is 12.6. The smallest absolute Gasteiger partial charge is 0.0805 e. The highest BCUT2D eigenvalue weighted by Crippen LogP contribution is 2.34. The maximum absolute atomic E-state index is 5.84. The number of ether oxygens (including phenoxy) is 2. The third-order valence-corrected chi connectivity index (χ3v) is 5.96. The van der Waals surface area contributed by atoms with Gasteiger partial charge in [-0.2, -0.15) is 0 Å². The molecule has 0 bridgehead atoms. The van der Waals surface area contributed by atoms with E-state index >= 15 is 0 Å². The third kappa shape index (κ3) is 17.7. The van der Waals surface area contributed by atoms with Gasteiger partial charge in [0, 0.05) is 13.2 Å². The Kier molecular flexibility index (Phi) is 17.8. The Morgan fingerprint density at radius 3 is 1.74 bits per heavy atom. The van der Waals surface area contributed by atoms with Gasteiger partial charge < -0.3 is 9.47 Å². The van der Waals surface area contributed by atoms with Crippen LogP contribution in [0.4, 0.5) is 0 Å². The molecule has 0 aromatic carbocycles. The van der Waals surface area contributed by atoms with Crippen LogP contribution in [0.3, 0.4) is 0 Å². The van der Waals surface area contributed by atoms with E-state index < -0.39 is 0 Å². The van der Waals surface area contributed by atoms with Gasteiger partial charge in [0.2, 0.25) is 0 Å². The molecule has 1 rings (SSSR count). The van der Waals surface area contributed by atoms with Crippen molar-refractivity contribution in [2.75, 3.05) is 19.8 Å². The summed E-state index contributed by atoms with van der Waals surface area (Å²) in [6.07, 6.45) is 25.4. The summed E-state index contributed by atoms with van der Waals surface area (Å²) in [6, 6.07) is 0. The van der Waals surface area contributed by atoms with E-state index in [1.165, 1.54) is 103 Å². The quantitative estimate of drug-likeness (QED) is 0.176. The molecule has 0 radical (unpaired) electrons. The minimum Gasteiger partial charge on any atom is -0.379 e. The molecule has 0 aliphatic heterocycles. The molecule has 1 aliphatic carbocycles. The van der Waals surface area contributed by atoms with E-state index in [4.69, 9.17) is 9.47 Å². The third-order valence-electron chi connectivity index (χ3n) is 5.96. The molecule has 0 saturated heterocycles. The predicted octanol–water partition coefficient (Wildman–Crippen LogP) is 8.08. The largest absolute Gasteiger partial charge is 0.379 e. The molecule has 0 heterocycles. The van der Waals surface area contributed by atoms with Gasteiger partial charge in [0.1, 0.15) is 0 Å². The van der Waals surface area contributed by atoms with E-state index in [2.05, 4.69) is 13.8 Å². The van der Waals surface area contributed by atoms with Crippen molar-refractivity contribution in [3.8, 4) is 0 Å². The van der Waals surface area contributed by atoms with E-state index in [1.54, 1.807) is 0 Å². The summed E-state index contributed by atoms with van der Waals surface area (Å²) in [4.78, 5) is 0. The average Bonchev–Trinajstić information content (AvgIpc) is 3.50. The highest BCUT2D eigenvalue weighted by molar-refractivity contribution is 4.72. The van der Waals surface area contributed by atoms with Crippen molar-refractivity contribution in [3.05, 3.63) is 0 Å². The zero-order valence-corrected chi connectivity index (χ0v) is 18.8. The summed E-state index contributed by atoms with van der Waals surface area (Å²) in [5.41, 5.74) is 0. The van der Waals surface area contributed by atoms with Crippen molar-refractivity contribution in [3.63, 3.8) is 0 Å². The van der Waals surface area contributed by atoms with Crippen LogP contribution >= 0.6 is 0 Å². The van der Waals surface area contributed by atoms with Gasteiger partial charge in [-0.1, -0.05) is 110 Å². The summed E-state index contributed by atoms with van der Waals surface area (Å²) in [7, 11) is 0. The van der Waals surface area contributed by atoms with Crippen molar-refractivity contribution in [1.82, 2.24) is 0 Å². The first-order valence-corrected chi connectivity index (χ1v) is 12.6. The fourth-order valence-electron chi connectivity index (χ4n) is 3.70. The molecule has 0 spiro atoms. The fourth-order valence-corrected chi connectivity index (χ4v) is 3.70. The molecule has 1 saturated carbocycles. The van der Waals surface area contributed by atoms with E-state index in [0.29, 0.717) is 6.10 Å². The van der Waals surface area contributed by atoms with Crippen LogP contribution in [0.1, 0.15) is 129 Å². The lowest BCUT2D eigenvalue weighted by Crippen LogP contribution is -2.20. The lowest BCUT2D eigenvalue weighted by atomic mass is 10.0. The highest BCUT2D eigenvalue weighted by atomic mass is 16.5. The molecule has 1 aliphatic rings. The van der Waals surface area contributed by atoms with Crippen LogP contribution in [0.5, 0.6) is 0 Å². The molecule has 2 heteroatoms. The Labute approximate surface area is 171 Å². The monoisotopic (exact) mass is 382 g/mol. The Balaban J connectivity index is 1.68. The van der Waals surface area contributed by atoms with Crippen LogP contribution in [0.15, 0.2) is 0 Å². The summed E-state index contributed by atoms with van der Waals surface area (Å²) in [6.45, 7) is 6.97. The van der Waals surface area contributed by atoms with E-state index in [1.807, 2.05) is 0 Å². The Morgan fingerprint density at radius 1 is 0.667 bits per heavy atom. The first-order chi connectivity index (χ1) is 13.4. The van der Waals surface area contributed by atoms with Gasteiger partial charge in [-0.25, -0.2) is 0 Å². The maximum atomic E-state index is 5.84. The molecule has 0 amide bonds. The van der Waals surface area contributed by atoms with E-state index in [0.717, 1.165) is 38.6 Å². The predicted molar refractivity (Wildman–Crippen MR) is 119 cm³/mol. The maximum Gasteiger partial charge on any atom is 0.0805 e. The second-order valence-corrected chi connectivity index (χ2v) is 8.80. The van der Waals surface area contributed by atoms with Crippen molar-refractivity contribution in [2.45, 2.75) is 136 Å². The fraction of sp³-hybridized carbons (Fsp3) is 1.00. The van der Waals surface area contributed by atoms with Gasteiger partial charge in [0.05, 0.1) is 12.7 Å². The second kappa shape index (κ2) is 19.2. The molecule has 1 fully saturated rings. The minimum absolute atomic E-state index is 0.301. The zero-order chi connectivity index (χ0) is 19.4. The molecule has 1 atom stereocenters. The average molecular weight is 383 g/mol. The van der Waals surface area contributed by atoms with Crippen molar-refractivity contribution < 1.29 is 9.47 Å². The zero-order valence-electron chi connectivity index (χ0n) is 18.8. The van der Waals surface area contributed by atoms with Crippen LogP contribution in [0, 0.1) is 5.92 Å². The SMILES string of the molecule is CCCCOC(CC)COCCCCCCCCCCCCCCC1CC1. The van der Waals surface area contributed by atoms with Gasteiger partial charge >= 0.3 is 0 Å². The summed E-state index contributed by atoms with van der Waals surface area (Å²) in [5, 5.41) is 0. The molecule has 0 aromatic rings. The standard InChI is InChI=1S/C25H50O2/c1-3-5-22-27-25(4-2)23-26-21-17-15-13-11-9-7-6-8-10-12-14-16-18-24-19-20-24/h24-25H,3-23H2,1-2H3. The minimum atomic E-state index is 0.301. The number of rotatable bonds is 22. The summed E-state index contributed by atoms with van der Waals surface area (Å²) in [5.74, 6) is 1.13. The van der Waals surface area contributed by atoms with Crippen LogP contribution in [-0.2, 0) is 9.47 Å². The molecular formula is C25H50O2. The van der Waals surface area contributed by atoms with Gasteiger partial charge in [0.25, 0.3) is 0 Å². The van der Waals surface area contributed by atoms with Crippen molar-refractivity contribution in [2.24, 2.45) is 5.92 Å². The molecule has 27 heavy (non-hydrogen) atoms. The lowest BCUT2D eigenvalue weighted by Gasteiger charge is -2.16.